The van der Waals surface area contributed by atoms with E-state index in [9.17, 15) is 4.79 Å². The van der Waals surface area contributed by atoms with Crippen LogP contribution in [0.1, 0.15) is 53.5 Å². The summed E-state index contributed by atoms with van der Waals surface area (Å²) >= 11 is 0. The highest BCUT2D eigenvalue weighted by Crippen LogP contribution is 2.36. The quantitative estimate of drug-likeness (QED) is 0.593. The summed E-state index contributed by atoms with van der Waals surface area (Å²) in [6.45, 7) is 12.7. The molecule has 0 unspecified atom stereocenters. The minimum atomic E-state index is -0.347. The van der Waals surface area contributed by atoms with Gasteiger partial charge in [-0.2, -0.15) is 0 Å². The molecule has 2 rings (SSSR count). The number of aryl methyl sites for hydroxylation is 1. The minimum absolute atomic E-state index is 0.140. The van der Waals surface area contributed by atoms with Crippen molar-refractivity contribution in [3.63, 3.8) is 0 Å². The fourth-order valence-corrected chi connectivity index (χ4v) is 2.40. The lowest BCUT2D eigenvalue weighted by atomic mass is 9.78. The average molecular weight is 332 g/mol. The van der Waals surface area contributed by atoms with Crippen molar-refractivity contribution in [3.05, 3.63) is 29.8 Å². The monoisotopic (exact) mass is 332 g/mol. The van der Waals surface area contributed by atoms with Crippen LogP contribution in [0.25, 0.3) is 0 Å². The van der Waals surface area contributed by atoms with E-state index in [0.717, 1.165) is 11.0 Å². The molecule has 5 heteroatoms. The molecule has 1 aromatic rings. The van der Waals surface area contributed by atoms with Crippen molar-refractivity contribution in [2.75, 3.05) is 6.61 Å². The number of carbonyl (C=O) groups is 1. The Labute approximate surface area is 146 Å². The second-order valence-electron chi connectivity index (χ2n) is 7.91. The van der Waals surface area contributed by atoms with Crippen molar-refractivity contribution in [1.29, 1.82) is 0 Å². The Morgan fingerprint density at radius 3 is 2.12 bits per heavy atom. The SMILES string of the molecule is CC(C)COC(=O)CCc1ccc(B2OC(C)(C)C(C)(C)O2)cc1. The van der Waals surface area contributed by atoms with Crippen LogP contribution >= 0.6 is 0 Å². The van der Waals surface area contributed by atoms with Crippen LogP contribution in [0.2, 0.25) is 0 Å². The molecule has 0 aromatic heterocycles. The standard InChI is InChI=1S/C19H29BO4/c1-14(2)13-22-17(21)12-9-15-7-10-16(11-8-15)20-23-18(3,4)19(5,6)24-20/h7-8,10-11,14H,9,12-13H2,1-6H3. The van der Waals surface area contributed by atoms with Crippen LogP contribution in [0.3, 0.4) is 0 Å². The second-order valence-corrected chi connectivity index (χ2v) is 7.91. The summed E-state index contributed by atoms with van der Waals surface area (Å²) in [5, 5.41) is 0. The van der Waals surface area contributed by atoms with Gasteiger partial charge in [-0.1, -0.05) is 38.1 Å². The first-order chi connectivity index (χ1) is 11.1. The van der Waals surface area contributed by atoms with E-state index in [-0.39, 0.29) is 24.3 Å². The van der Waals surface area contributed by atoms with Gasteiger partial charge in [0.05, 0.1) is 17.8 Å². The van der Waals surface area contributed by atoms with Crippen LogP contribution in [0, 0.1) is 5.92 Å². The van der Waals surface area contributed by atoms with E-state index in [2.05, 4.69) is 0 Å². The van der Waals surface area contributed by atoms with Gasteiger partial charge < -0.3 is 14.0 Å². The number of hydrogen-bond acceptors (Lipinski definition) is 4. The van der Waals surface area contributed by atoms with E-state index in [1.807, 2.05) is 65.8 Å². The maximum absolute atomic E-state index is 11.7. The maximum atomic E-state index is 11.7. The molecule has 0 bridgehead atoms. The number of carbonyl (C=O) groups excluding carboxylic acids is 1. The predicted octanol–water partition coefficient (Wildman–Crippen LogP) is 3.12. The number of benzene rings is 1. The van der Waals surface area contributed by atoms with E-state index < -0.39 is 0 Å². The van der Waals surface area contributed by atoms with Gasteiger partial charge in [-0.3, -0.25) is 4.79 Å². The van der Waals surface area contributed by atoms with Gasteiger partial charge in [-0.15, -0.1) is 0 Å². The molecule has 0 N–H and O–H groups in total. The van der Waals surface area contributed by atoms with Crippen LogP contribution in [0.5, 0.6) is 0 Å². The van der Waals surface area contributed by atoms with Crippen LogP contribution in [-0.4, -0.2) is 30.9 Å². The zero-order valence-electron chi connectivity index (χ0n) is 15.7. The van der Waals surface area contributed by atoms with Gasteiger partial charge in [-0.25, -0.2) is 0 Å². The van der Waals surface area contributed by atoms with Crippen LogP contribution < -0.4 is 5.46 Å². The molecule has 0 amide bonds. The van der Waals surface area contributed by atoms with Gasteiger partial charge in [0.1, 0.15) is 0 Å². The fourth-order valence-electron chi connectivity index (χ4n) is 2.40. The third-order valence-corrected chi connectivity index (χ3v) is 4.70. The molecule has 1 aliphatic heterocycles. The molecule has 1 heterocycles. The van der Waals surface area contributed by atoms with Crippen molar-refractivity contribution in [1.82, 2.24) is 0 Å². The van der Waals surface area contributed by atoms with Gasteiger partial charge in [0.15, 0.2) is 0 Å². The van der Waals surface area contributed by atoms with Gasteiger partial charge in [0.25, 0.3) is 0 Å². The zero-order valence-corrected chi connectivity index (χ0v) is 15.7. The Morgan fingerprint density at radius 1 is 1.08 bits per heavy atom. The molecule has 24 heavy (non-hydrogen) atoms. The summed E-state index contributed by atoms with van der Waals surface area (Å²) in [5.74, 6) is 0.229. The highest BCUT2D eigenvalue weighted by Gasteiger charge is 2.51. The largest absolute Gasteiger partial charge is 0.494 e. The molecule has 0 aliphatic carbocycles. The number of rotatable bonds is 6. The number of esters is 1. The molecular weight excluding hydrogens is 303 g/mol. The molecule has 132 valence electrons. The lowest BCUT2D eigenvalue weighted by molar-refractivity contribution is -0.144. The normalized spacial score (nSPS) is 18.9. The van der Waals surface area contributed by atoms with E-state index in [1.165, 1.54) is 0 Å². The van der Waals surface area contributed by atoms with Gasteiger partial charge >= 0.3 is 13.1 Å². The lowest BCUT2D eigenvalue weighted by Crippen LogP contribution is -2.41. The summed E-state index contributed by atoms with van der Waals surface area (Å²) < 4.78 is 17.3. The Balaban J connectivity index is 1.89. The van der Waals surface area contributed by atoms with Crippen molar-refractivity contribution in [3.8, 4) is 0 Å². The summed E-state index contributed by atoms with van der Waals surface area (Å²) in [4.78, 5) is 11.7. The van der Waals surface area contributed by atoms with Crippen molar-refractivity contribution in [2.24, 2.45) is 5.92 Å². The van der Waals surface area contributed by atoms with E-state index in [0.29, 0.717) is 25.4 Å². The first kappa shape index (κ1) is 19.0. The molecule has 0 spiro atoms. The third-order valence-electron chi connectivity index (χ3n) is 4.70. The smallest absolute Gasteiger partial charge is 0.465 e. The Bertz CT molecular complexity index is 547. The average Bonchev–Trinajstić information content (AvgIpc) is 2.72. The second kappa shape index (κ2) is 7.28. The summed E-state index contributed by atoms with van der Waals surface area (Å²) in [6, 6.07) is 8.07. The Kier molecular flexibility index (Phi) is 5.76. The highest BCUT2D eigenvalue weighted by molar-refractivity contribution is 6.62. The third kappa shape index (κ3) is 4.61. The fraction of sp³-hybridized carbons (Fsp3) is 0.632. The molecule has 1 aliphatic rings. The van der Waals surface area contributed by atoms with E-state index in [1.54, 1.807) is 0 Å². The zero-order chi connectivity index (χ0) is 18.0. The van der Waals surface area contributed by atoms with Crippen LogP contribution in [-0.2, 0) is 25.3 Å². The summed E-state index contributed by atoms with van der Waals surface area (Å²) in [5.41, 5.74) is 1.43. The van der Waals surface area contributed by atoms with Gasteiger partial charge in [-0.05, 0) is 51.1 Å². The number of hydrogen-bond donors (Lipinski definition) is 0. The summed E-state index contributed by atoms with van der Waals surface area (Å²) in [6.07, 6.45) is 1.09. The minimum Gasteiger partial charge on any atom is -0.465 e. The molecule has 1 aromatic carbocycles. The molecule has 0 atom stereocenters. The van der Waals surface area contributed by atoms with Crippen molar-refractivity contribution in [2.45, 2.75) is 65.6 Å². The van der Waals surface area contributed by atoms with Gasteiger partial charge in [0.2, 0.25) is 0 Å². The predicted molar refractivity (Wildman–Crippen MR) is 96.3 cm³/mol. The van der Waals surface area contributed by atoms with E-state index in [4.69, 9.17) is 14.0 Å². The summed E-state index contributed by atoms with van der Waals surface area (Å²) in [7, 11) is -0.347. The van der Waals surface area contributed by atoms with Crippen molar-refractivity contribution >= 4 is 18.6 Å². The first-order valence-corrected chi connectivity index (χ1v) is 8.71. The molecule has 1 saturated heterocycles. The molecule has 1 fully saturated rings. The number of ether oxygens (including phenoxy) is 1. The maximum Gasteiger partial charge on any atom is 0.494 e. The lowest BCUT2D eigenvalue weighted by Gasteiger charge is -2.32. The highest BCUT2D eigenvalue weighted by atomic mass is 16.7. The van der Waals surface area contributed by atoms with Crippen LogP contribution in [0.4, 0.5) is 0 Å². The van der Waals surface area contributed by atoms with Crippen molar-refractivity contribution < 1.29 is 18.8 Å². The van der Waals surface area contributed by atoms with Gasteiger partial charge in [0, 0.05) is 6.42 Å². The molecule has 4 nitrogen and oxygen atoms in total. The molecule has 0 radical (unpaired) electrons. The van der Waals surface area contributed by atoms with Crippen LogP contribution in [0.15, 0.2) is 24.3 Å². The molecular formula is C19H29BO4. The first-order valence-electron chi connectivity index (χ1n) is 8.71. The van der Waals surface area contributed by atoms with E-state index >= 15 is 0 Å². The topological polar surface area (TPSA) is 44.8 Å². The Hall–Kier alpha value is -1.33. The molecule has 0 saturated carbocycles. The Morgan fingerprint density at radius 2 is 1.62 bits per heavy atom.